The molecule has 0 rings (SSSR count). The van der Waals surface area contributed by atoms with Gasteiger partial charge in [0.15, 0.2) is 0 Å². The Kier molecular flexibility index (Phi) is 4.65. The normalized spacial score (nSPS) is 12.5. The number of hydrogen-bond donors (Lipinski definition) is 2. The first kappa shape index (κ1) is 9.56. The summed E-state index contributed by atoms with van der Waals surface area (Å²) in [4.78, 5) is 0. The second-order valence-corrected chi connectivity index (χ2v) is 1.95. The third-order valence-electron chi connectivity index (χ3n) is 1.15. The molecule has 0 amide bonds. The molecule has 0 heterocycles. The Hall–Kier alpha value is -1.44. The minimum Gasteiger partial charge on any atom is -0.397 e. The van der Waals surface area contributed by atoms with Crippen LogP contribution in [0.4, 0.5) is 0 Å². The van der Waals surface area contributed by atoms with Crippen molar-refractivity contribution >= 4 is 0 Å². The molecule has 0 unspecified atom stereocenters. The van der Waals surface area contributed by atoms with Gasteiger partial charge in [-0.15, -0.1) is 0 Å². The fraction of sp³-hybridized carbons (Fsp3) is 0.111. The lowest BCUT2D eigenvalue weighted by atomic mass is 10.2. The SMILES string of the molecule is C=C/C=C(C=C)/C(N)=C/NC. The Balaban J connectivity index is 4.50. The van der Waals surface area contributed by atoms with Crippen molar-refractivity contribution in [1.29, 1.82) is 0 Å². The molecular weight excluding hydrogens is 136 g/mol. The van der Waals surface area contributed by atoms with Crippen LogP contribution in [0, 0.1) is 0 Å². The summed E-state index contributed by atoms with van der Waals surface area (Å²) in [6, 6.07) is 0. The maximum atomic E-state index is 5.64. The number of rotatable bonds is 4. The number of nitrogens with one attached hydrogen (secondary N) is 1. The fourth-order valence-electron chi connectivity index (χ4n) is 0.648. The summed E-state index contributed by atoms with van der Waals surface area (Å²) >= 11 is 0. The molecule has 3 N–H and O–H groups in total. The van der Waals surface area contributed by atoms with Crippen LogP contribution >= 0.6 is 0 Å². The van der Waals surface area contributed by atoms with Crippen LogP contribution in [-0.4, -0.2) is 7.05 Å². The Bertz CT molecular complexity index is 200. The monoisotopic (exact) mass is 150 g/mol. The summed E-state index contributed by atoms with van der Waals surface area (Å²) in [5.74, 6) is 0. The highest BCUT2D eigenvalue weighted by molar-refractivity contribution is 5.38. The molecule has 0 atom stereocenters. The average molecular weight is 150 g/mol. The van der Waals surface area contributed by atoms with E-state index in [9.17, 15) is 0 Å². The third-order valence-corrected chi connectivity index (χ3v) is 1.15. The second kappa shape index (κ2) is 5.35. The molecule has 0 aromatic carbocycles. The first-order valence-corrected chi connectivity index (χ1v) is 3.34. The lowest BCUT2D eigenvalue weighted by Gasteiger charge is -2.00. The smallest absolute Gasteiger partial charge is 0.0546 e. The van der Waals surface area contributed by atoms with Crippen LogP contribution in [0.15, 0.2) is 48.9 Å². The van der Waals surface area contributed by atoms with Crippen molar-refractivity contribution in [3.63, 3.8) is 0 Å². The molecule has 0 aliphatic heterocycles. The molecular formula is C9H14N2. The molecule has 0 saturated heterocycles. The summed E-state index contributed by atoms with van der Waals surface area (Å²) in [5.41, 5.74) is 7.16. The predicted octanol–water partition coefficient (Wildman–Crippen LogP) is 1.30. The Labute approximate surface area is 67.8 Å². The van der Waals surface area contributed by atoms with Gasteiger partial charge in [-0.1, -0.05) is 31.4 Å². The molecule has 2 heteroatoms. The minimum atomic E-state index is 0.655. The van der Waals surface area contributed by atoms with Crippen molar-refractivity contribution in [3.05, 3.63) is 48.9 Å². The van der Waals surface area contributed by atoms with E-state index in [-0.39, 0.29) is 0 Å². The van der Waals surface area contributed by atoms with Gasteiger partial charge >= 0.3 is 0 Å². The van der Waals surface area contributed by atoms with Crippen LogP contribution in [-0.2, 0) is 0 Å². The summed E-state index contributed by atoms with van der Waals surface area (Å²) in [5, 5.41) is 2.83. The summed E-state index contributed by atoms with van der Waals surface area (Å²) < 4.78 is 0. The van der Waals surface area contributed by atoms with E-state index in [4.69, 9.17) is 5.73 Å². The number of hydrogen-bond acceptors (Lipinski definition) is 2. The van der Waals surface area contributed by atoms with Crippen LogP contribution in [0.2, 0.25) is 0 Å². The van der Waals surface area contributed by atoms with E-state index >= 15 is 0 Å². The van der Waals surface area contributed by atoms with Crippen molar-refractivity contribution in [3.8, 4) is 0 Å². The first-order valence-electron chi connectivity index (χ1n) is 3.34. The maximum absolute atomic E-state index is 5.64. The van der Waals surface area contributed by atoms with E-state index in [1.54, 1.807) is 31.5 Å². The molecule has 0 fully saturated rings. The van der Waals surface area contributed by atoms with Gasteiger partial charge in [0.05, 0.1) is 5.70 Å². The van der Waals surface area contributed by atoms with E-state index in [1.165, 1.54) is 0 Å². The lowest BCUT2D eigenvalue weighted by molar-refractivity contribution is 1.07. The molecule has 2 nitrogen and oxygen atoms in total. The van der Waals surface area contributed by atoms with Gasteiger partial charge in [0.2, 0.25) is 0 Å². The molecule has 0 saturated carbocycles. The zero-order chi connectivity index (χ0) is 8.69. The maximum Gasteiger partial charge on any atom is 0.0546 e. The van der Waals surface area contributed by atoms with Crippen LogP contribution in [0.5, 0.6) is 0 Å². The van der Waals surface area contributed by atoms with Gasteiger partial charge < -0.3 is 11.1 Å². The van der Waals surface area contributed by atoms with E-state index in [1.807, 2.05) is 0 Å². The fourth-order valence-corrected chi connectivity index (χ4v) is 0.648. The molecule has 0 aromatic heterocycles. The predicted molar refractivity (Wildman–Crippen MR) is 49.8 cm³/mol. The molecule has 11 heavy (non-hydrogen) atoms. The Morgan fingerprint density at radius 3 is 2.45 bits per heavy atom. The molecule has 0 spiro atoms. The largest absolute Gasteiger partial charge is 0.397 e. The number of nitrogens with two attached hydrogens (primary N) is 1. The Morgan fingerprint density at radius 1 is 1.45 bits per heavy atom. The highest BCUT2D eigenvalue weighted by Crippen LogP contribution is 2.03. The van der Waals surface area contributed by atoms with E-state index in [2.05, 4.69) is 18.5 Å². The molecule has 0 radical (unpaired) electrons. The molecule has 60 valence electrons. The zero-order valence-corrected chi connectivity index (χ0v) is 6.80. The molecule has 0 aliphatic carbocycles. The van der Waals surface area contributed by atoms with E-state index < -0.39 is 0 Å². The topological polar surface area (TPSA) is 38.0 Å². The summed E-state index contributed by atoms with van der Waals surface area (Å²) in [6.07, 6.45) is 6.87. The lowest BCUT2D eigenvalue weighted by Crippen LogP contribution is -2.05. The summed E-state index contributed by atoms with van der Waals surface area (Å²) in [6.45, 7) is 7.18. The highest BCUT2D eigenvalue weighted by atomic mass is 14.8. The van der Waals surface area contributed by atoms with Crippen molar-refractivity contribution < 1.29 is 0 Å². The third kappa shape index (κ3) is 3.30. The zero-order valence-electron chi connectivity index (χ0n) is 6.80. The molecule has 0 bridgehead atoms. The van der Waals surface area contributed by atoms with E-state index in [0.717, 1.165) is 5.57 Å². The van der Waals surface area contributed by atoms with Crippen LogP contribution < -0.4 is 11.1 Å². The number of allylic oxidation sites excluding steroid dienone is 3. The first-order chi connectivity index (χ1) is 5.26. The van der Waals surface area contributed by atoms with Gasteiger partial charge in [0, 0.05) is 13.2 Å². The average Bonchev–Trinajstić information content (AvgIpc) is 2.00. The van der Waals surface area contributed by atoms with E-state index in [0.29, 0.717) is 5.70 Å². The van der Waals surface area contributed by atoms with Gasteiger partial charge in [-0.3, -0.25) is 0 Å². The molecule has 0 aliphatic rings. The highest BCUT2D eigenvalue weighted by Gasteiger charge is 1.91. The summed E-state index contributed by atoms with van der Waals surface area (Å²) in [7, 11) is 1.79. The second-order valence-electron chi connectivity index (χ2n) is 1.95. The van der Waals surface area contributed by atoms with Gasteiger partial charge in [0.25, 0.3) is 0 Å². The van der Waals surface area contributed by atoms with Gasteiger partial charge in [-0.2, -0.15) is 0 Å². The standard InChI is InChI=1S/C9H14N2/c1-4-6-8(5-2)9(10)7-11-3/h4-7,11H,1-2,10H2,3H3/b8-6+,9-7-. The van der Waals surface area contributed by atoms with Crippen molar-refractivity contribution in [2.24, 2.45) is 5.73 Å². The van der Waals surface area contributed by atoms with Crippen molar-refractivity contribution in [2.45, 2.75) is 0 Å². The van der Waals surface area contributed by atoms with Gasteiger partial charge in [-0.05, 0) is 5.57 Å². The van der Waals surface area contributed by atoms with Crippen LogP contribution in [0.1, 0.15) is 0 Å². The molecule has 0 aromatic rings. The van der Waals surface area contributed by atoms with Crippen molar-refractivity contribution in [2.75, 3.05) is 7.05 Å². The van der Waals surface area contributed by atoms with Gasteiger partial charge in [0.1, 0.15) is 0 Å². The van der Waals surface area contributed by atoms with Crippen LogP contribution in [0.25, 0.3) is 0 Å². The van der Waals surface area contributed by atoms with Crippen molar-refractivity contribution in [1.82, 2.24) is 5.32 Å². The Morgan fingerprint density at radius 2 is 2.09 bits per heavy atom. The quantitative estimate of drug-likeness (QED) is 0.593. The minimum absolute atomic E-state index is 0.655. The van der Waals surface area contributed by atoms with Gasteiger partial charge in [-0.25, -0.2) is 0 Å². The van der Waals surface area contributed by atoms with Crippen LogP contribution in [0.3, 0.4) is 0 Å².